The number of likely N-dealkylation sites (tertiary alicyclic amines) is 1. The van der Waals surface area contributed by atoms with Crippen molar-refractivity contribution < 1.29 is 18.3 Å². The number of halogens is 3. The number of aromatic nitrogens is 2. The van der Waals surface area contributed by atoms with Gasteiger partial charge in [-0.1, -0.05) is 0 Å². The van der Waals surface area contributed by atoms with Crippen LogP contribution >= 0.6 is 15.9 Å². The van der Waals surface area contributed by atoms with E-state index in [1.54, 1.807) is 29.1 Å². The van der Waals surface area contributed by atoms with Crippen LogP contribution in [0.1, 0.15) is 16.8 Å². The van der Waals surface area contributed by atoms with E-state index in [1.807, 2.05) is 7.05 Å². The van der Waals surface area contributed by atoms with Crippen molar-refractivity contribution in [1.82, 2.24) is 14.7 Å². The second-order valence-corrected chi connectivity index (χ2v) is 8.40. The van der Waals surface area contributed by atoms with Crippen molar-refractivity contribution in [2.45, 2.75) is 12.5 Å². The molecule has 162 valence electrons. The van der Waals surface area contributed by atoms with Crippen molar-refractivity contribution in [2.75, 3.05) is 25.5 Å². The van der Waals surface area contributed by atoms with Gasteiger partial charge in [-0.05, 0) is 59.7 Å². The largest absolute Gasteiger partial charge is 0.488 e. The van der Waals surface area contributed by atoms with Gasteiger partial charge in [-0.2, -0.15) is 5.10 Å². The van der Waals surface area contributed by atoms with Gasteiger partial charge in [0.1, 0.15) is 23.5 Å². The van der Waals surface area contributed by atoms with Crippen molar-refractivity contribution in [3.63, 3.8) is 0 Å². The molecule has 0 unspecified atom stereocenters. The molecule has 0 spiro atoms. The first kappa shape index (κ1) is 21.5. The van der Waals surface area contributed by atoms with Crippen LogP contribution in [0.5, 0.6) is 5.75 Å². The van der Waals surface area contributed by atoms with Gasteiger partial charge in [0, 0.05) is 37.5 Å². The van der Waals surface area contributed by atoms with Gasteiger partial charge in [0.15, 0.2) is 0 Å². The van der Waals surface area contributed by atoms with E-state index in [4.69, 9.17) is 4.74 Å². The SMILES string of the molecule is CN1CC[C@@H](Oc2ccc(NC(=O)c3ccc(F)cc3F)cc2-c2c(Br)cnn2C)C1. The predicted molar refractivity (Wildman–Crippen MR) is 117 cm³/mol. The van der Waals surface area contributed by atoms with Gasteiger partial charge in [0.05, 0.1) is 21.9 Å². The lowest BCUT2D eigenvalue weighted by Gasteiger charge is -2.18. The van der Waals surface area contributed by atoms with Crippen molar-refractivity contribution in [3.05, 3.63) is 64.3 Å². The Kier molecular flexibility index (Phi) is 6.06. The highest BCUT2D eigenvalue weighted by Crippen LogP contribution is 2.37. The maximum Gasteiger partial charge on any atom is 0.258 e. The molecule has 1 aliphatic rings. The number of ether oxygens (including phenoxy) is 1. The molecule has 1 aromatic heterocycles. The number of hydrogen-bond donors (Lipinski definition) is 1. The third-order valence-corrected chi connectivity index (χ3v) is 5.78. The first-order chi connectivity index (χ1) is 14.8. The molecule has 1 saturated heterocycles. The number of benzene rings is 2. The highest BCUT2D eigenvalue weighted by atomic mass is 79.9. The minimum Gasteiger partial charge on any atom is -0.488 e. The summed E-state index contributed by atoms with van der Waals surface area (Å²) in [5.74, 6) is -1.66. The number of hydrogen-bond acceptors (Lipinski definition) is 4. The molecule has 0 saturated carbocycles. The van der Waals surface area contributed by atoms with Crippen LogP contribution < -0.4 is 10.1 Å². The van der Waals surface area contributed by atoms with Gasteiger partial charge < -0.3 is 15.0 Å². The highest BCUT2D eigenvalue weighted by Gasteiger charge is 2.24. The number of aryl methyl sites for hydroxylation is 1. The molecule has 3 aromatic rings. The van der Waals surface area contributed by atoms with Gasteiger partial charge in [0.25, 0.3) is 5.91 Å². The Morgan fingerprint density at radius 2 is 2.03 bits per heavy atom. The normalized spacial score (nSPS) is 16.5. The molecule has 1 aliphatic heterocycles. The molecule has 1 amide bonds. The molecular formula is C22H21BrF2N4O2. The van der Waals surface area contributed by atoms with Crippen LogP contribution in [-0.2, 0) is 7.05 Å². The molecule has 31 heavy (non-hydrogen) atoms. The highest BCUT2D eigenvalue weighted by molar-refractivity contribution is 9.10. The first-order valence-corrected chi connectivity index (χ1v) is 10.5. The Balaban J connectivity index is 1.67. The lowest BCUT2D eigenvalue weighted by atomic mass is 10.1. The molecule has 9 heteroatoms. The third-order valence-electron chi connectivity index (χ3n) is 5.20. The van der Waals surface area contributed by atoms with Gasteiger partial charge >= 0.3 is 0 Å². The smallest absolute Gasteiger partial charge is 0.258 e. The standard InChI is InChI=1S/C22H21BrF2N4O2/c1-28-8-7-15(12-28)31-20-6-4-14(10-17(20)21-18(23)11-26-29(21)2)27-22(30)16-5-3-13(24)9-19(16)25/h3-6,9-11,15H,7-8,12H2,1-2H3,(H,27,30)/t15-/m1/s1. The van der Waals surface area contributed by atoms with E-state index in [0.29, 0.717) is 17.5 Å². The van der Waals surface area contributed by atoms with Crippen LogP contribution in [0.15, 0.2) is 47.1 Å². The monoisotopic (exact) mass is 490 g/mol. The van der Waals surface area contributed by atoms with Gasteiger partial charge in [0.2, 0.25) is 0 Å². The number of anilines is 1. The molecule has 1 atom stereocenters. The van der Waals surface area contributed by atoms with Crippen LogP contribution in [0.2, 0.25) is 0 Å². The predicted octanol–water partition coefficient (Wildman–Crippen LogP) is 4.46. The fourth-order valence-electron chi connectivity index (χ4n) is 3.65. The summed E-state index contributed by atoms with van der Waals surface area (Å²) in [6, 6.07) is 8.08. The molecule has 2 aromatic carbocycles. The molecule has 1 fully saturated rings. The summed E-state index contributed by atoms with van der Waals surface area (Å²) in [6.07, 6.45) is 2.66. The average molecular weight is 491 g/mol. The molecular weight excluding hydrogens is 470 g/mol. The number of amides is 1. The number of likely N-dealkylation sites (N-methyl/N-ethyl adjacent to an activating group) is 1. The lowest BCUT2D eigenvalue weighted by Crippen LogP contribution is -2.21. The first-order valence-electron chi connectivity index (χ1n) is 9.75. The second-order valence-electron chi connectivity index (χ2n) is 7.54. The Morgan fingerprint density at radius 3 is 2.68 bits per heavy atom. The van der Waals surface area contributed by atoms with E-state index < -0.39 is 17.5 Å². The van der Waals surface area contributed by atoms with E-state index >= 15 is 0 Å². The van der Waals surface area contributed by atoms with Gasteiger partial charge in [-0.25, -0.2) is 8.78 Å². The maximum atomic E-state index is 14.0. The number of carbonyl (C=O) groups is 1. The summed E-state index contributed by atoms with van der Waals surface area (Å²) in [5.41, 5.74) is 1.73. The molecule has 0 radical (unpaired) electrons. The van der Waals surface area contributed by atoms with E-state index in [9.17, 15) is 13.6 Å². The number of rotatable bonds is 5. The summed E-state index contributed by atoms with van der Waals surface area (Å²) >= 11 is 3.52. The zero-order valence-electron chi connectivity index (χ0n) is 17.0. The molecule has 4 rings (SSSR count). The second kappa shape index (κ2) is 8.76. The minimum absolute atomic E-state index is 0.0597. The van der Waals surface area contributed by atoms with Crippen LogP contribution in [0.25, 0.3) is 11.3 Å². The maximum absolute atomic E-state index is 14.0. The fraction of sp³-hybridized carbons (Fsp3) is 0.273. The van der Waals surface area contributed by atoms with Crippen LogP contribution in [0, 0.1) is 11.6 Å². The van der Waals surface area contributed by atoms with Crippen molar-refractivity contribution in [3.8, 4) is 17.0 Å². The van der Waals surface area contributed by atoms with Gasteiger partial charge in [-0.3, -0.25) is 9.48 Å². The zero-order chi connectivity index (χ0) is 22.1. The Bertz CT molecular complexity index is 1120. The van der Waals surface area contributed by atoms with Crippen LogP contribution in [0.4, 0.5) is 14.5 Å². The topological polar surface area (TPSA) is 59.4 Å². The number of nitrogens with zero attached hydrogens (tertiary/aromatic N) is 3. The summed E-state index contributed by atoms with van der Waals surface area (Å²) in [6.45, 7) is 1.79. The molecule has 1 N–H and O–H groups in total. The fourth-order valence-corrected chi connectivity index (χ4v) is 4.21. The lowest BCUT2D eigenvalue weighted by molar-refractivity contribution is 0.102. The molecule has 2 heterocycles. The Hall–Kier alpha value is -2.78. The molecule has 0 bridgehead atoms. The van der Waals surface area contributed by atoms with Crippen molar-refractivity contribution in [1.29, 1.82) is 0 Å². The van der Waals surface area contributed by atoms with E-state index in [0.717, 1.165) is 47.4 Å². The average Bonchev–Trinajstić information content (AvgIpc) is 3.27. The summed E-state index contributed by atoms with van der Waals surface area (Å²) in [7, 11) is 3.86. The quantitative estimate of drug-likeness (QED) is 0.573. The van der Waals surface area contributed by atoms with E-state index in [1.165, 1.54) is 0 Å². The molecule has 0 aliphatic carbocycles. The summed E-state index contributed by atoms with van der Waals surface area (Å²) in [5, 5.41) is 6.95. The van der Waals surface area contributed by atoms with Crippen LogP contribution in [-0.4, -0.2) is 46.8 Å². The summed E-state index contributed by atoms with van der Waals surface area (Å²) in [4.78, 5) is 14.7. The number of carbonyl (C=O) groups excluding carboxylic acids is 1. The third kappa shape index (κ3) is 4.62. The van der Waals surface area contributed by atoms with Crippen molar-refractivity contribution >= 4 is 27.5 Å². The Morgan fingerprint density at radius 1 is 1.23 bits per heavy atom. The zero-order valence-corrected chi connectivity index (χ0v) is 18.6. The van der Waals surface area contributed by atoms with E-state index in [2.05, 4.69) is 38.3 Å². The number of nitrogens with one attached hydrogen (secondary N) is 1. The van der Waals surface area contributed by atoms with Crippen molar-refractivity contribution in [2.24, 2.45) is 7.05 Å². The summed E-state index contributed by atoms with van der Waals surface area (Å²) < 4.78 is 35.9. The van der Waals surface area contributed by atoms with Gasteiger partial charge in [-0.15, -0.1) is 0 Å². The van der Waals surface area contributed by atoms with Crippen LogP contribution in [0.3, 0.4) is 0 Å². The van der Waals surface area contributed by atoms with E-state index in [-0.39, 0.29) is 11.7 Å². The Labute approximate surface area is 186 Å². The minimum atomic E-state index is -0.919. The molecule has 6 nitrogen and oxygen atoms in total.